The van der Waals surface area contributed by atoms with E-state index in [0.717, 1.165) is 6.20 Å². The number of sulfone groups is 1. The van der Waals surface area contributed by atoms with E-state index >= 15 is 0 Å². The lowest BCUT2D eigenvalue weighted by atomic mass is 10.2. The molecule has 0 spiro atoms. The Morgan fingerprint density at radius 2 is 1.71 bits per heavy atom. The molecule has 0 fully saturated rings. The van der Waals surface area contributed by atoms with Crippen molar-refractivity contribution in [2.75, 3.05) is 0 Å². The van der Waals surface area contributed by atoms with Crippen LogP contribution in [-0.2, 0) is 9.84 Å². The molecule has 0 aliphatic rings. The molecule has 0 bridgehead atoms. The molecule has 90 valence electrons. The van der Waals surface area contributed by atoms with Crippen molar-refractivity contribution in [2.45, 2.75) is 10.5 Å². The Morgan fingerprint density at radius 3 is 2.35 bits per heavy atom. The van der Waals surface area contributed by atoms with Gasteiger partial charge in [0.15, 0.2) is 5.03 Å². The van der Waals surface area contributed by atoms with Crippen molar-refractivity contribution in [3.05, 3.63) is 36.5 Å². The van der Waals surface area contributed by atoms with Crippen LogP contribution < -0.4 is 0 Å². The Kier molecular flexibility index (Phi) is 2.57. The van der Waals surface area contributed by atoms with Gasteiger partial charge in [0.1, 0.15) is 0 Å². The van der Waals surface area contributed by atoms with Gasteiger partial charge >= 0.3 is 5.51 Å². The number of alkyl halides is 3. The summed E-state index contributed by atoms with van der Waals surface area (Å²) in [5, 5.41) is -0.597. The molecule has 17 heavy (non-hydrogen) atoms. The van der Waals surface area contributed by atoms with Gasteiger partial charge in [-0.3, -0.25) is 0 Å². The van der Waals surface area contributed by atoms with E-state index in [4.69, 9.17) is 0 Å². The van der Waals surface area contributed by atoms with Crippen molar-refractivity contribution in [2.24, 2.45) is 0 Å². The Bertz CT molecular complexity index is 659. The number of nitrogens with zero attached hydrogens (tertiary/aromatic N) is 1. The summed E-state index contributed by atoms with van der Waals surface area (Å²) in [6, 6.07) is 7.32. The smallest absolute Gasteiger partial charge is 0.244 e. The fourth-order valence-electron chi connectivity index (χ4n) is 1.42. The summed E-state index contributed by atoms with van der Waals surface area (Å²) in [4.78, 5) is 3.34. The highest BCUT2D eigenvalue weighted by atomic mass is 32.2. The maximum absolute atomic E-state index is 12.4. The first kappa shape index (κ1) is 11.8. The van der Waals surface area contributed by atoms with E-state index in [2.05, 4.69) is 4.98 Å². The number of hydrogen-bond acceptors (Lipinski definition) is 3. The van der Waals surface area contributed by atoms with E-state index < -0.39 is 20.4 Å². The minimum absolute atomic E-state index is 0.0349. The third-order valence-corrected chi connectivity index (χ3v) is 3.64. The fraction of sp³-hybridized carbons (Fsp3) is 0.100. The molecular formula is C10H6F3NO2S. The van der Waals surface area contributed by atoms with Crippen molar-refractivity contribution in [1.82, 2.24) is 4.98 Å². The Hall–Kier alpha value is -1.63. The van der Waals surface area contributed by atoms with Crippen molar-refractivity contribution < 1.29 is 21.6 Å². The Labute approximate surface area is 94.8 Å². The number of benzene rings is 1. The zero-order valence-corrected chi connectivity index (χ0v) is 9.09. The van der Waals surface area contributed by atoms with E-state index in [-0.39, 0.29) is 5.39 Å². The second-order valence-corrected chi connectivity index (χ2v) is 5.14. The largest absolute Gasteiger partial charge is 0.503 e. The van der Waals surface area contributed by atoms with Crippen molar-refractivity contribution >= 4 is 20.6 Å². The van der Waals surface area contributed by atoms with E-state index in [1.54, 1.807) is 6.07 Å². The normalized spacial score (nSPS) is 12.9. The van der Waals surface area contributed by atoms with Gasteiger partial charge in [-0.1, -0.05) is 24.3 Å². The molecule has 3 nitrogen and oxygen atoms in total. The van der Waals surface area contributed by atoms with Crippen LogP contribution in [0.1, 0.15) is 0 Å². The van der Waals surface area contributed by atoms with Crippen LogP contribution in [0.15, 0.2) is 41.6 Å². The lowest BCUT2D eigenvalue weighted by Gasteiger charge is -2.09. The van der Waals surface area contributed by atoms with Gasteiger partial charge in [-0.2, -0.15) is 13.2 Å². The summed E-state index contributed by atoms with van der Waals surface area (Å²) < 4.78 is 59.8. The lowest BCUT2D eigenvalue weighted by Crippen LogP contribution is -2.24. The topological polar surface area (TPSA) is 47.0 Å². The van der Waals surface area contributed by atoms with Gasteiger partial charge in [0.25, 0.3) is 9.84 Å². The second-order valence-electron chi connectivity index (χ2n) is 3.29. The summed E-state index contributed by atoms with van der Waals surface area (Å²) in [5.41, 5.74) is -5.34. The van der Waals surface area contributed by atoms with Crippen LogP contribution in [0.25, 0.3) is 10.8 Å². The second kappa shape index (κ2) is 3.69. The number of fused-ring (bicyclic) bond motifs is 1. The standard InChI is InChI=1S/C10H6F3NO2S/c11-10(12,13)17(15,16)9-8-4-2-1-3-7(8)5-6-14-9/h1-6H. The molecule has 7 heteroatoms. The predicted molar refractivity (Wildman–Crippen MR) is 55.0 cm³/mol. The first-order valence-electron chi connectivity index (χ1n) is 4.49. The quantitative estimate of drug-likeness (QED) is 0.792. The summed E-state index contributed by atoms with van der Waals surface area (Å²) in [5.74, 6) is 0. The molecule has 0 radical (unpaired) electrons. The highest BCUT2D eigenvalue weighted by Crippen LogP contribution is 2.32. The number of aromatic nitrogens is 1. The van der Waals surface area contributed by atoms with E-state index in [1.165, 1.54) is 24.3 Å². The van der Waals surface area contributed by atoms with Crippen LogP contribution in [0.2, 0.25) is 0 Å². The first-order valence-corrected chi connectivity index (χ1v) is 5.97. The summed E-state index contributed by atoms with van der Waals surface area (Å²) in [6.45, 7) is 0. The highest BCUT2D eigenvalue weighted by Gasteiger charge is 2.48. The van der Waals surface area contributed by atoms with Crippen LogP contribution in [-0.4, -0.2) is 18.9 Å². The average molecular weight is 261 g/mol. The molecule has 0 unspecified atom stereocenters. The molecule has 2 rings (SSSR count). The van der Waals surface area contributed by atoms with Crippen LogP contribution in [0.3, 0.4) is 0 Å². The van der Waals surface area contributed by atoms with Gasteiger partial charge in [0.2, 0.25) is 0 Å². The maximum atomic E-state index is 12.4. The SMILES string of the molecule is O=S(=O)(c1nccc2ccccc12)C(F)(F)F. The fourth-order valence-corrected chi connectivity index (χ4v) is 2.31. The third kappa shape index (κ3) is 1.86. The average Bonchev–Trinajstić information content (AvgIpc) is 2.26. The van der Waals surface area contributed by atoms with Gasteiger partial charge in [-0.05, 0) is 11.5 Å². The van der Waals surface area contributed by atoms with Crippen LogP contribution >= 0.6 is 0 Å². The number of rotatable bonds is 1. The minimum Gasteiger partial charge on any atom is -0.244 e. The lowest BCUT2D eigenvalue weighted by molar-refractivity contribution is -0.0437. The van der Waals surface area contributed by atoms with Crippen molar-refractivity contribution in [3.63, 3.8) is 0 Å². The molecule has 1 aromatic carbocycles. The minimum atomic E-state index is -5.41. The van der Waals surface area contributed by atoms with E-state index in [9.17, 15) is 21.6 Å². The molecule has 0 atom stereocenters. The molecule has 1 aromatic heterocycles. The summed E-state index contributed by atoms with van der Waals surface area (Å²) >= 11 is 0. The first-order chi connectivity index (χ1) is 7.84. The Balaban J connectivity index is 2.82. The monoisotopic (exact) mass is 261 g/mol. The van der Waals surface area contributed by atoms with E-state index in [1.807, 2.05) is 0 Å². The number of pyridine rings is 1. The van der Waals surface area contributed by atoms with Gasteiger partial charge in [0, 0.05) is 11.6 Å². The Morgan fingerprint density at radius 1 is 1.06 bits per heavy atom. The molecular weight excluding hydrogens is 255 g/mol. The van der Waals surface area contributed by atoms with Gasteiger partial charge < -0.3 is 0 Å². The summed E-state index contributed by atoms with van der Waals surface area (Å²) in [6.07, 6.45) is 1.04. The van der Waals surface area contributed by atoms with Gasteiger partial charge in [-0.15, -0.1) is 0 Å². The van der Waals surface area contributed by atoms with Crippen molar-refractivity contribution in [3.8, 4) is 0 Å². The molecule has 0 saturated heterocycles. The number of hydrogen-bond donors (Lipinski definition) is 0. The van der Waals surface area contributed by atoms with Crippen LogP contribution in [0.4, 0.5) is 13.2 Å². The molecule has 0 saturated carbocycles. The van der Waals surface area contributed by atoms with Crippen LogP contribution in [0.5, 0.6) is 0 Å². The predicted octanol–water partition coefficient (Wildman–Crippen LogP) is 2.53. The van der Waals surface area contributed by atoms with Crippen LogP contribution in [0, 0.1) is 0 Å². The molecule has 1 heterocycles. The summed E-state index contributed by atoms with van der Waals surface area (Å²) in [7, 11) is -5.41. The van der Waals surface area contributed by atoms with Gasteiger partial charge in [-0.25, -0.2) is 13.4 Å². The zero-order valence-electron chi connectivity index (χ0n) is 8.27. The molecule has 0 N–H and O–H groups in total. The third-order valence-electron chi connectivity index (χ3n) is 2.20. The van der Waals surface area contributed by atoms with E-state index in [0.29, 0.717) is 5.39 Å². The van der Waals surface area contributed by atoms with Gasteiger partial charge in [0.05, 0.1) is 0 Å². The maximum Gasteiger partial charge on any atom is 0.503 e. The highest BCUT2D eigenvalue weighted by molar-refractivity contribution is 7.92. The molecule has 0 aliphatic heterocycles. The number of halogens is 3. The molecule has 0 amide bonds. The zero-order chi connectivity index (χ0) is 12.7. The molecule has 0 aliphatic carbocycles. The molecule has 2 aromatic rings. The van der Waals surface area contributed by atoms with Crippen molar-refractivity contribution in [1.29, 1.82) is 0 Å².